The highest BCUT2D eigenvalue weighted by atomic mass is 32.2. The van der Waals surface area contributed by atoms with Crippen LogP contribution in [0.1, 0.15) is 16.2 Å². The predicted molar refractivity (Wildman–Crippen MR) is 69.2 cm³/mol. The molecule has 6 nitrogen and oxygen atoms in total. The maximum atomic E-state index is 11.2. The molecule has 0 aliphatic carbocycles. The van der Waals surface area contributed by atoms with Gasteiger partial charge in [-0.3, -0.25) is 4.79 Å². The third-order valence-corrected chi connectivity index (χ3v) is 3.58. The van der Waals surface area contributed by atoms with Crippen LogP contribution >= 0.6 is 11.8 Å². The van der Waals surface area contributed by atoms with E-state index in [0.29, 0.717) is 11.3 Å². The van der Waals surface area contributed by atoms with Crippen molar-refractivity contribution in [3.8, 4) is 0 Å². The van der Waals surface area contributed by atoms with E-state index in [1.54, 1.807) is 12.1 Å². The summed E-state index contributed by atoms with van der Waals surface area (Å²) >= 11 is 1.40. The molecule has 2 aromatic rings. The van der Waals surface area contributed by atoms with Crippen LogP contribution in [0, 0.1) is 6.92 Å². The van der Waals surface area contributed by atoms with Crippen molar-refractivity contribution in [2.75, 3.05) is 5.73 Å². The number of benzene rings is 1. The van der Waals surface area contributed by atoms with Crippen molar-refractivity contribution in [1.82, 2.24) is 14.8 Å². The van der Waals surface area contributed by atoms with E-state index in [9.17, 15) is 4.79 Å². The van der Waals surface area contributed by atoms with Crippen molar-refractivity contribution in [3.05, 3.63) is 29.6 Å². The first-order valence-corrected chi connectivity index (χ1v) is 6.04. The second-order valence-corrected chi connectivity index (χ2v) is 4.84. The number of aryl methyl sites for hydroxylation is 1. The third-order valence-electron chi connectivity index (χ3n) is 2.55. The summed E-state index contributed by atoms with van der Waals surface area (Å²) in [5, 5.41) is 8.74. The van der Waals surface area contributed by atoms with Crippen LogP contribution in [0.3, 0.4) is 0 Å². The Labute approximate surface area is 108 Å². The number of rotatable bonds is 3. The minimum Gasteiger partial charge on any atom is -0.398 e. The minimum atomic E-state index is -0.538. The van der Waals surface area contributed by atoms with Gasteiger partial charge < -0.3 is 16.0 Å². The van der Waals surface area contributed by atoms with Gasteiger partial charge in [0, 0.05) is 17.6 Å². The number of primary amides is 1. The minimum absolute atomic E-state index is 0.318. The van der Waals surface area contributed by atoms with Crippen molar-refractivity contribution >= 4 is 23.4 Å². The first-order valence-electron chi connectivity index (χ1n) is 5.22. The van der Waals surface area contributed by atoms with Gasteiger partial charge in [0.25, 0.3) is 5.91 Å². The van der Waals surface area contributed by atoms with Crippen molar-refractivity contribution < 1.29 is 4.79 Å². The van der Waals surface area contributed by atoms with E-state index in [0.717, 1.165) is 15.9 Å². The molecule has 1 heterocycles. The Hall–Kier alpha value is -2.02. The summed E-state index contributed by atoms with van der Waals surface area (Å²) in [6.45, 7) is 1.87. The molecule has 1 aromatic heterocycles. The van der Waals surface area contributed by atoms with Crippen LogP contribution < -0.4 is 11.5 Å². The topological polar surface area (TPSA) is 99.8 Å². The maximum absolute atomic E-state index is 11.2. The molecule has 0 unspecified atom stereocenters. The molecule has 0 radical (unpaired) electrons. The lowest BCUT2D eigenvalue weighted by Gasteiger charge is -2.05. The maximum Gasteiger partial charge on any atom is 0.250 e. The number of hydrogen-bond acceptors (Lipinski definition) is 5. The fraction of sp³-hybridized carbons (Fsp3) is 0.182. The number of carbonyl (C=O) groups excluding carboxylic acids is 1. The van der Waals surface area contributed by atoms with Crippen molar-refractivity contribution in [2.24, 2.45) is 12.8 Å². The van der Waals surface area contributed by atoms with E-state index >= 15 is 0 Å². The van der Waals surface area contributed by atoms with Crippen LogP contribution in [0.2, 0.25) is 0 Å². The largest absolute Gasteiger partial charge is 0.398 e. The van der Waals surface area contributed by atoms with Crippen LogP contribution in [-0.4, -0.2) is 20.7 Å². The van der Waals surface area contributed by atoms with Crippen LogP contribution in [-0.2, 0) is 7.05 Å². The van der Waals surface area contributed by atoms with E-state index in [4.69, 9.17) is 11.5 Å². The number of amides is 1. The first-order chi connectivity index (χ1) is 8.49. The lowest BCUT2D eigenvalue weighted by atomic mass is 10.2. The quantitative estimate of drug-likeness (QED) is 0.803. The molecule has 2 rings (SSSR count). The number of aromatic nitrogens is 3. The number of carbonyl (C=O) groups is 1. The summed E-state index contributed by atoms with van der Waals surface area (Å²) in [4.78, 5) is 12.0. The van der Waals surface area contributed by atoms with E-state index in [1.165, 1.54) is 11.8 Å². The Kier molecular flexibility index (Phi) is 3.24. The van der Waals surface area contributed by atoms with Crippen molar-refractivity contribution in [1.29, 1.82) is 0 Å². The molecule has 0 fully saturated rings. The highest BCUT2D eigenvalue weighted by molar-refractivity contribution is 7.99. The van der Waals surface area contributed by atoms with Crippen LogP contribution in [0.15, 0.2) is 28.3 Å². The summed E-state index contributed by atoms with van der Waals surface area (Å²) in [5.74, 6) is 0.284. The molecule has 0 saturated carbocycles. The van der Waals surface area contributed by atoms with E-state index in [-0.39, 0.29) is 0 Å². The molecule has 0 atom stereocenters. The van der Waals surface area contributed by atoms with E-state index < -0.39 is 5.91 Å². The van der Waals surface area contributed by atoms with Crippen molar-refractivity contribution in [2.45, 2.75) is 17.0 Å². The molecule has 94 valence electrons. The third kappa shape index (κ3) is 2.30. The second kappa shape index (κ2) is 4.69. The number of hydrogen-bond donors (Lipinski definition) is 2. The fourth-order valence-corrected chi connectivity index (χ4v) is 2.27. The van der Waals surface area contributed by atoms with Gasteiger partial charge in [0.1, 0.15) is 5.82 Å². The molecule has 18 heavy (non-hydrogen) atoms. The zero-order valence-electron chi connectivity index (χ0n) is 10.0. The van der Waals surface area contributed by atoms with Gasteiger partial charge in [0.15, 0.2) is 5.16 Å². The van der Waals surface area contributed by atoms with Gasteiger partial charge in [-0.1, -0.05) is 0 Å². The molecule has 4 N–H and O–H groups in total. The zero-order chi connectivity index (χ0) is 13.3. The van der Waals surface area contributed by atoms with Crippen LogP contribution in [0.4, 0.5) is 5.69 Å². The Morgan fingerprint density at radius 3 is 2.67 bits per heavy atom. The Morgan fingerprint density at radius 1 is 1.39 bits per heavy atom. The number of nitrogen functional groups attached to an aromatic ring is 1. The van der Waals surface area contributed by atoms with Crippen LogP contribution in [0.25, 0.3) is 0 Å². The lowest BCUT2D eigenvalue weighted by Crippen LogP contribution is -2.13. The van der Waals surface area contributed by atoms with Gasteiger partial charge >= 0.3 is 0 Å². The standard InChI is InChI=1S/C11H13N5OS/c1-6-14-15-11(16(6)2)18-7-3-4-9(12)8(5-7)10(13)17/h3-5H,12H2,1-2H3,(H2,13,17). The van der Waals surface area contributed by atoms with Gasteiger partial charge in [0.2, 0.25) is 0 Å². The number of nitrogens with two attached hydrogens (primary N) is 2. The first kappa shape index (κ1) is 12.4. The molecule has 0 saturated heterocycles. The summed E-state index contributed by atoms with van der Waals surface area (Å²) in [6.07, 6.45) is 0. The Balaban J connectivity index is 2.33. The summed E-state index contributed by atoms with van der Waals surface area (Å²) in [6, 6.07) is 5.13. The average molecular weight is 263 g/mol. The Morgan fingerprint density at radius 2 is 2.11 bits per heavy atom. The normalized spacial score (nSPS) is 10.6. The zero-order valence-corrected chi connectivity index (χ0v) is 10.9. The van der Waals surface area contributed by atoms with E-state index in [2.05, 4.69) is 10.2 Å². The molecule has 1 amide bonds. The van der Waals surface area contributed by atoms with Crippen LogP contribution in [0.5, 0.6) is 0 Å². The predicted octanol–water partition coefficient (Wildman–Crippen LogP) is 0.956. The second-order valence-electron chi connectivity index (χ2n) is 3.80. The van der Waals surface area contributed by atoms with Gasteiger partial charge in [-0.25, -0.2) is 0 Å². The highest BCUT2D eigenvalue weighted by Gasteiger charge is 2.10. The van der Waals surface area contributed by atoms with Gasteiger partial charge in [-0.2, -0.15) is 0 Å². The molecule has 0 aliphatic heterocycles. The lowest BCUT2D eigenvalue weighted by molar-refractivity contribution is 0.100. The van der Waals surface area contributed by atoms with Gasteiger partial charge in [0.05, 0.1) is 5.56 Å². The summed E-state index contributed by atoms with van der Waals surface area (Å²) in [7, 11) is 1.88. The Bertz CT molecular complexity index is 607. The molecule has 7 heteroatoms. The summed E-state index contributed by atoms with van der Waals surface area (Å²) in [5.41, 5.74) is 11.6. The molecule has 0 aliphatic rings. The monoisotopic (exact) mass is 263 g/mol. The van der Waals surface area contributed by atoms with Gasteiger partial charge in [-0.05, 0) is 36.9 Å². The number of anilines is 1. The molecule has 0 spiro atoms. The highest BCUT2D eigenvalue weighted by Crippen LogP contribution is 2.28. The molecular formula is C11H13N5OS. The fourth-order valence-electron chi connectivity index (χ4n) is 1.39. The summed E-state index contributed by atoms with van der Waals surface area (Å²) < 4.78 is 1.87. The molecule has 1 aromatic carbocycles. The van der Waals surface area contributed by atoms with Gasteiger partial charge in [-0.15, -0.1) is 10.2 Å². The molecule has 0 bridgehead atoms. The smallest absolute Gasteiger partial charge is 0.250 e. The SMILES string of the molecule is Cc1nnc(Sc2ccc(N)c(C(N)=O)c2)n1C. The molecular weight excluding hydrogens is 250 g/mol. The van der Waals surface area contributed by atoms with E-state index in [1.807, 2.05) is 24.6 Å². The average Bonchev–Trinajstić information content (AvgIpc) is 2.63. The number of nitrogens with zero attached hydrogens (tertiary/aromatic N) is 3. The van der Waals surface area contributed by atoms with Crippen molar-refractivity contribution in [3.63, 3.8) is 0 Å².